The number of anilines is 1. The van der Waals surface area contributed by atoms with Crippen LogP contribution >= 0.6 is 11.6 Å². The van der Waals surface area contributed by atoms with Crippen molar-refractivity contribution in [3.8, 4) is 0 Å². The molecule has 1 aromatic carbocycles. The monoisotopic (exact) mass is 470 g/mol. The number of fused-ring (bicyclic) bond motifs is 2. The van der Waals surface area contributed by atoms with Crippen molar-refractivity contribution in [2.45, 2.75) is 83.7 Å². The van der Waals surface area contributed by atoms with Crippen molar-refractivity contribution in [1.82, 2.24) is 0 Å². The van der Waals surface area contributed by atoms with Crippen LogP contribution in [-0.4, -0.2) is 30.7 Å². The van der Waals surface area contributed by atoms with Gasteiger partial charge in [0.2, 0.25) is 5.60 Å². The van der Waals surface area contributed by atoms with E-state index in [0.29, 0.717) is 36.4 Å². The van der Waals surface area contributed by atoms with Crippen molar-refractivity contribution in [1.29, 1.82) is 0 Å². The first-order valence-electron chi connectivity index (χ1n) is 12.3. The van der Waals surface area contributed by atoms with E-state index < -0.39 is 5.60 Å². The number of ether oxygens (including phenoxy) is 2. The van der Waals surface area contributed by atoms with Gasteiger partial charge in [-0.2, -0.15) is 0 Å². The molecule has 1 aromatic rings. The molecule has 6 heteroatoms. The van der Waals surface area contributed by atoms with Crippen LogP contribution in [0.5, 0.6) is 0 Å². The fourth-order valence-corrected chi connectivity index (χ4v) is 5.43. The quantitative estimate of drug-likeness (QED) is 0.363. The van der Waals surface area contributed by atoms with E-state index in [1.54, 1.807) is 0 Å². The molecule has 1 aliphatic heterocycles. The number of carbonyl (C=O) groups excluding carboxylic acids is 1. The van der Waals surface area contributed by atoms with Crippen LogP contribution in [0.1, 0.15) is 81.0 Å². The molecule has 3 aliphatic rings. The lowest BCUT2D eigenvalue weighted by Gasteiger charge is -2.26. The molecule has 0 fully saturated rings. The summed E-state index contributed by atoms with van der Waals surface area (Å²) in [6.45, 7) is 6.73. The fourth-order valence-electron chi connectivity index (χ4n) is 5.19. The molecular weight excluding hydrogens is 436 g/mol. The molecule has 0 saturated heterocycles. The molecule has 33 heavy (non-hydrogen) atoms. The molecule has 0 aromatic heterocycles. The maximum absolute atomic E-state index is 12.9. The van der Waals surface area contributed by atoms with Gasteiger partial charge in [-0.05, 0) is 86.1 Å². The van der Waals surface area contributed by atoms with E-state index in [-0.39, 0.29) is 12.5 Å². The van der Waals surface area contributed by atoms with Crippen molar-refractivity contribution in [3.63, 3.8) is 0 Å². The smallest absolute Gasteiger partial charge is 0.352 e. The van der Waals surface area contributed by atoms with Crippen molar-refractivity contribution < 1.29 is 14.3 Å². The van der Waals surface area contributed by atoms with Crippen molar-refractivity contribution in [2.24, 2.45) is 4.99 Å². The molecule has 178 valence electrons. The molecule has 0 amide bonds. The summed E-state index contributed by atoms with van der Waals surface area (Å²) in [6, 6.07) is 2.85. The largest absolute Gasteiger partial charge is 0.463 e. The van der Waals surface area contributed by atoms with Crippen LogP contribution in [-0.2, 0) is 33.5 Å². The number of amidine groups is 1. The molecule has 2 unspecified atom stereocenters. The molecule has 0 radical (unpaired) electrons. The van der Waals surface area contributed by atoms with Gasteiger partial charge in [0.05, 0.1) is 13.2 Å². The van der Waals surface area contributed by atoms with Gasteiger partial charge in [0.1, 0.15) is 0 Å². The normalized spacial score (nSPS) is 23.9. The number of nitrogens with zero attached hydrogens (tertiary/aromatic N) is 1. The second kappa shape index (κ2) is 10.3. The minimum absolute atomic E-state index is 0.258. The third-order valence-electron chi connectivity index (χ3n) is 6.94. The summed E-state index contributed by atoms with van der Waals surface area (Å²) < 4.78 is 11.6. The standard InChI is InChI=1S/C27H35ClN2O3/c1-4-9-20(28)11-6-7-15-27(25(31)32-5-2)17-29-26(33-27)30-24-21-12-8-10-19(21)16-23-18(3)13-14-22(23)24/h6,9,11,16,18H,4-5,7-8,10,12-15,17H2,1-3H3,(H,29,30)/b11-6-,20-9+. The number of aryl methyl sites for hydroxylation is 1. The van der Waals surface area contributed by atoms with Gasteiger partial charge in [0.25, 0.3) is 6.02 Å². The third kappa shape index (κ3) is 4.98. The number of halogens is 1. The number of carbonyl (C=O) groups is 1. The van der Waals surface area contributed by atoms with Crippen LogP contribution in [0.25, 0.3) is 0 Å². The Morgan fingerprint density at radius 3 is 2.97 bits per heavy atom. The van der Waals surface area contributed by atoms with Gasteiger partial charge in [-0.15, -0.1) is 0 Å². The zero-order valence-electron chi connectivity index (χ0n) is 20.0. The molecule has 2 aliphatic carbocycles. The highest BCUT2D eigenvalue weighted by Gasteiger charge is 2.47. The summed E-state index contributed by atoms with van der Waals surface area (Å²) in [6.07, 6.45) is 13.4. The predicted octanol–water partition coefficient (Wildman–Crippen LogP) is 6.19. The number of hydrogen-bond donors (Lipinski definition) is 1. The molecule has 4 rings (SSSR count). The highest BCUT2D eigenvalue weighted by molar-refractivity contribution is 6.31. The van der Waals surface area contributed by atoms with Crippen LogP contribution in [0, 0.1) is 0 Å². The van der Waals surface area contributed by atoms with Gasteiger partial charge in [0.15, 0.2) is 0 Å². The average molecular weight is 471 g/mol. The zero-order chi connectivity index (χ0) is 23.4. The number of benzene rings is 1. The van der Waals surface area contributed by atoms with Crippen molar-refractivity contribution in [3.05, 3.63) is 51.6 Å². The average Bonchev–Trinajstić information content (AvgIpc) is 3.52. The number of nitrogens with one attached hydrogen (secondary N) is 1. The van der Waals surface area contributed by atoms with Crippen LogP contribution in [0.4, 0.5) is 5.69 Å². The van der Waals surface area contributed by atoms with Crippen molar-refractivity contribution >= 4 is 29.3 Å². The topological polar surface area (TPSA) is 59.9 Å². The Labute approximate surface area is 202 Å². The molecule has 1 heterocycles. The summed E-state index contributed by atoms with van der Waals surface area (Å²) in [4.78, 5) is 17.5. The minimum Gasteiger partial charge on any atom is -0.463 e. The van der Waals surface area contributed by atoms with E-state index in [1.165, 1.54) is 40.8 Å². The van der Waals surface area contributed by atoms with Crippen molar-refractivity contribution in [2.75, 3.05) is 18.5 Å². The molecule has 5 nitrogen and oxygen atoms in total. The van der Waals surface area contributed by atoms with Gasteiger partial charge in [-0.25, -0.2) is 9.79 Å². The van der Waals surface area contributed by atoms with Gasteiger partial charge >= 0.3 is 5.97 Å². The maximum atomic E-state index is 12.9. The van der Waals surface area contributed by atoms with Crippen LogP contribution < -0.4 is 5.32 Å². The Bertz CT molecular complexity index is 998. The lowest BCUT2D eigenvalue weighted by molar-refractivity contribution is -0.161. The lowest BCUT2D eigenvalue weighted by atomic mass is 9.96. The Morgan fingerprint density at radius 1 is 1.33 bits per heavy atom. The fraction of sp³-hybridized carbons (Fsp3) is 0.556. The van der Waals surface area contributed by atoms with E-state index >= 15 is 0 Å². The molecule has 0 bridgehead atoms. The minimum atomic E-state index is -1.10. The zero-order valence-corrected chi connectivity index (χ0v) is 20.8. The summed E-state index contributed by atoms with van der Waals surface area (Å²) >= 11 is 6.16. The van der Waals surface area contributed by atoms with Gasteiger partial charge in [0, 0.05) is 17.1 Å². The third-order valence-corrected chi connectivity index (χ3v) is 7.22. The highest BCUT2D eigenvalue weighted by Crippen LogP contribution is 2.43. The van der Waals surface area contributed by atoms with E-state index in [4.69, 9.17) is 21.1 Å². The summed E-state index contributed by atoms with van der Waals surface area (Å²) in [5.74, 6) is 0.225. The van der Waals surface area contributed by atoms with Crippen LogP contribution in [0.3, 0.4) is 0 Å². The second-order valence-corrected chi connectivity index (χ2v) is 9.69. The van der Waals surface area contributed by atoms with E-state index in [1.807, 2.05) is 32.1 Å². The molecule has 0 spiro atoms. The van der Waals surface area contributed by atoms with Gasteiger partial charge in [-0.1, -0.05) is 43.7 Å². The lowest BCUT2D eigenvalue weighted by Crippen LogP contribution is -2.44. The first-order valence-corrected chi connectivity index (χ1v) is 12.7. The predicted molar refractivity (Wildman–Crippen MR) is 134 cm³/mol. The molecule has 0 saturated carbocycles. The number of aliphatic imine (C=N–C) groups is 1. The molecule has 2 atom stereocenters. The first kappa shape index (κ1) is 23.9. The summed E-state index contributed by atoms with van der Waals surface area (Å²) in [7, 11) is 0. The van der Waals surface area contributed by atoms with Gasteiger partial charge in [-0.3, -0.25) is 0 Å². The molecule has 1 N–H and O–H groups in total. The van der Waals surface area contributed by atoms with E-state index in [9.17, 15) is 4.79 Å². The maximum Gasteiger partial charge on any atom is 0.352 e. The second-order valence-electron chi connectivity index (χ2n) is 9.25. The van der Waals surface area contributed by atoms with Gasteiger partial charge < -0.3 is 14.8 Å². The number of hydrogen-bond acceptors (Lipinski definition) is 5. The SMILES string of the molecule is CC/C=C(Cl)\C=C/CCC1(C(=O)OCC)CN=C(Nc2c3c(cc4c2CCC4C)CCC3)O1. The number of allylic oxidation sites excluding steroid dienone is 4. The Hall–Kier alpha value is -2.27. The van der Waals surface area contributed by atoms with Crippen LogP contribution in [0.2, 0.25) is 0 Å². The first-order chi connectivity index (χ1) is 16.0. The Morgan fingerprint density at radius 2 is 2.18 bits per heavy atom. The highest BCUT2D eigenvalue weighted by atomic mass is 35.5. The molecular formula is C27H35ClN2O3. The van der Waals surface area contributed by atoms with E-state index in [0.717, 1.165) is 25.7 Å². The number of esters is 1. The van der Waals surface area contributed by atoms with E-state index in [2.05, 4.69) is 23.3 Å². The Balaban J connectivity index is 1.52. The number of rotatable bonds is 8. The summed E-state index contributed by atoms with van der Waals surface area (Å²) in [5.41, 5.74) is 5.75. The van der Waals surface area contributed by atoms with Crippen LogP contribution in [0.15, 0.2) is 34.3 Å². The summed E-state index contributed by atoms with van der Waals surface area (Å²) in [5, 5.41) is 4.21. The Kier molecular flexibility index (Phi) is 7.48.